The van der Waals surface area contributed by atoms with Crippen LogP contribution in [0.2, 0.25) is 0 Å². The first kappa shape index (κ1) is 14.3. The van der Waals surface area contributed by atoms with Gasteiger partial charge in [-0.25, -0.2) is 13.6 Å². The molecule has 2 nitrogen and oxygen atoms in total. The topological polar surface area (TPSA) is 37.3 Å². The monoisotopic (exact) mass is 226 g/mol. The summed E-state index contributed by atoms with van der Waals surface area (Å²) in [6.07, 6.45) is -1.28. The highest BCUT2D eigenvalue weighted by Crippen LogP contribution is 2.14. The van der Waals surface area contributed by atoms with Gasteiger partial charge in [0.1, 0.15) is 6.17 Å². The van der Waals surface area contributed by atoms with Gasteiger partial charge in [0.25, 0.3) is 0 Å². The van der Waals surface area contributed by atoms with Gasteiger partial charge in [0.2, 0.25) is 6.17 Å². The van der Waals surface area contributed by atoms with Gasteiger partial charge in [0.15, 0.2) is 0 Å². The molecule has 0 bridgehead atoms. The van der Waals surface area contributed by atoms with Crippen LogP contribution in [0.3, 0.4) is 0 Å². The van der Waals surface area contributed by atoms with Gasteiger partial charge in [-0.3, -0.25) is 4.39 Å². The van der Waals surface area contributed by atoms with Crippen LogP contribution in [0.25, 0.3) is 0 Å². The summed E-state index contributed by atoms with van der Waals surface area (Å²) in [7, 11) is 0. The van der Waals surface area contributed by atoms with Crippen molar-refractivity contribution in [3.05, 3.63) is 0 Å². The van der Waals surface area contributed by atoms with Crippen LogP contribution in [0.5, 0.6) is 0 Å². The number of halogens is 3. The lowest BCUT2D eigenvalue weighted by atomic mass is 10.1. The van der Waals surface area contributed by atoms with E-state index in [1.165, 1.54) is 0 Å². The maximum Gasteiger partial charge on any atom is 0.341 e. The molecule has 0 aliphatic heterocycles. The Hall–Kier alpha value is -0.740. The number of carbonyl (C=O) groups is 1. The van der Waals surface area contributed by atoms with Gasteiger partial charge < -0.3 is 5.11 Å². The summed E-state index contributed by atoms with van der Waals surface area (Å²) in [5, 5.41) is 8.17. The van der Waals surface area contributed by atoms with Gasteiger partial charge in [0, 0.05) is 0 Å². The minimum Gasteiger partial charge on any atom is -0.479 e. The summed E-state index contributed by atoms with van der Waals surface area (Å²) in [5.74, 6) is -1.75. The highest BCUT2D eigenvalue weighted by Gasteiger charge is 2.26. The third kappa shape index (κ3) is 7.22. The molecule has 0 aromatic heterocycles. The zero-order valence-corrected chi connectivity index (χ0v) is 8.59. The molecular formula is C10H17F3O2. The molecule has 0 rings (SSSR count). The fraction of sp³-hybridized carbons (Fsp3) is 0.900. The zero-order chi connectivity index (χ0) is 11.7. The van der Waals surface area contributed by atoms with Gasteiger partial charge in [-0.1, -0.05) is 25.7 Å². The fourth-order valence-electron chi connectivity index (χ4n) is 1.27. The number of hydrogen-bond acceptors (Lipinski definition) is 1. The quantitative estimate of drug-likeness (QED) is 0.613. The smallest absolute Gasteiger partial charge is 0.341 e. The molecule has 0 fully saturated rings. The van der Waals surface area contributed by atoms with Gasteiger partial charge in [-0.2, -0.15) is 0 Å². The van der Waals surface area contributed by atoms with Crippen LogP contribution in [0.4, 0.5) is 13.2 Å². The molecular weight excluding hydrogens is 209 g/mol. The van der Waals surface area contributed by atoms with E-state index in [-0.39, 0.29) is 13.1 Å². The van der Waals surface area contributed by atoms with Crippen LogP contribution in [0, 0.1) is 0 Å². The predicted octanol–water partition coefficient (Wildman–Crippen LogP) is 3.06. The molecule has 2 atom stereocenters. The second-order valence-electron chi connectivity index (χ2n) is 3.50. The Balaban J connectivity index is 3.38. The SMILES string of the molecule is O=C(O)C(F)C(F)CCCCCCCF. The van der Waals surface area contributed by atoms with Crippen LogP contribution in [-0.2, 0) is 4.79 Å². The summed E-state index contributed by atoms with van der Waals surface area (Å²) < 4.78 is 37.0. The molecule has 5 heteroatoms. The first-order valence-corrected chi connectivity index (χ1v) is 5.16. The van der Waals surface area contributed by atoms with E-state index in [9.17, 15) is 18.0 Å². The lowest BCUT2D eigenvalue weighted by Crippen LogP contribution is -2.26. The third-order valence-corrected chi connectivity index (χ3v) is 2.17. The first-order chi connectivity index (χ1) is 7.09. The van der Waals surface area contributed by atoms with Crippen molar-refractivity contribution in [3.63, 3.8) is 0 Å². The van der Waals surface area contributed by atoms with Crippen LogP contribution >= 0.6 is 0 Å². The maximum atomic E-state index is 12.8. The molecule has 90 valence electrons. The number of hydrogen-bond donors (Lipinski definition) is 1. The molecule has 0 amide bonds. The molecule has 0 aromatic carbocycles. The van der Waals surface area contributed by atoms with Gasteiger partial charge in [-0.05, 0) is 12.8 Å². The molecule has 0 aliphatic rings. The summed E-state index contributed by atoms with van der Waals surface area (Å²) in [6.45, 7) is -0.350. The molecule has 1 N–H and O–H groups in total. The number of carboxylic acid groups (broad SMARTS) is 1. The molecule has 0 saturated heterocycles. The van der Waals surface area contributed by atoms with E-state index >= 15 is 0 Å². The molecule has 0 aliphatic carbocycles. The van der Waals surface area contributed by atoms with Crippen molar-refractivity contribution in [3.8, 4) is 0 Å². The fourth-order valence-corrected chi connectivity index (χ4v) is 1.27. The van der Waals surface area contributed by atoms with Crippen molar-refractivity contribution in [1.29, 1.82) is 0 Å². The molecule has 0 saturated carbocycles. The van der Waals surface area contributed by atoms with Crippen molar-refractivity contribution in [2.24, 2.45) is 0 Å². The number of aliphatic carboxylic acids is 1. The van der Waals surface area contributed by atoms with Crippen LogP contribution < -0.4 is 0 Å². The van der Waals surface area contributed by atoms with E-state index in [0.717, 1.165) is 12.8 Å². The molecule has 2 unspecified atom stereocenters. The highest BCUT2D eigenvalue weighted by molar-refractivity contribution is 5.72. The molecule has 0 heterocycles. The number of unbranched alkanes of at least 4 members (excludes halogenated alkanes) is 4. The van der Waals surface area contributed by atoms with Crippen LogP contribution in [0.1, 0.15) is 38.5 Å². The minimum absolute atomic E-state index is 0.0803. The zero-order valence-electron chi connectivity index (χ0n) is 8.59. The third-order valence-electron chi connectivity index (χ3n) is 2.17. The number of carboxylic acids is 1. The predicted molar refractivity (Wildman–Crippen MR) is 51.1 cm³/mol. The van der Waals surface area contributed by atoms with Crippen LogP contribution in [0.15, 0.2) is 0 Å². The highest BCUT2D eigenvalue weighted by atomic mass is 19.2. The molecule has 0 spiro atoms. The van der Waals surface area contributed by atoms with E-state index in [1.807, 2.05) is 0 Å². The minimum atomic E-state index is -2.42. The summed E-state index contributed by atoms with van der Waals surface area (Å²) in [5.41, 5.74) is 0. The van der Waals surface area contributed by atoms with Crippen molar-refractivity contribution in [2.45, 2.75) is 50.9 Å². The van der Waals surface area contributed by atoms with E-state index in [2.05, 4.69) is 0 Å². The standard InChI is InChI=1S/C10H17F3O2/c11-7-5-3-1-2-4-6-8(12)9(13)10(14)15/h8-9H,1-7H2,(H,14,15). The Kier molecular flexibility index (Phi) is 8.14. The average molecular weight is 226 g/mol. The summed E-state index contributed by atoms with van der Waals surface area (Å²) in [6, 6.07) is 0. The second kappa shape index (κ2) is 8.56. The van der Waals surface area contributed by atoms with E-state index in [0.29, 0.717) is 19.3 Å². The van der Waals surface area contributed by atoms with E-state index in [1.54, 1.807) is 0 Å². The Bertz CT molecular complexity index is 176. The van der Waals surface area contributed by atoms with Crippen molar-refractivity contribution >= 4 is 5.97 Å². The van der Waals surface area contributed by atoms with E-state index in [4.69, 9.17) is 5.11 Å². The van der Waals surface area contributed by atoms with E-state index < -0.39 is 18.3 Å². The van der Waals surface area contributed by atoms with Gasteiger partial charge in [-0.15, -0.1) is 0 Å². The lowest BCUT2D eigenvalue weighted by Gasteiger charge is -2.08. The Labute approximate surface area is 87.5 Å². The normalized spacial score (nSPS) is 14.9. The Morgan fingerprint density at radius 1 is 1.07 bits per heavy atom. The molecule has 0 radical (unpaired) electrons. The summed E-state index contributed by atoms with van der Waals surface area (Å²) >= 11 is 0. The van der Waals surface area contributed by atoms with Gasteiger partial charge in [0.05, 0.1) is 6.67 Å². The van der Waals surface area contributed by atoms with Crippen molar-refractivity contribution in [2.75, 3.05) is 6.67 Å². The van der Waals surface area contributed by atoms with Crippen molar-refractivity contribution in [1.82, 2.24) is 0 Å². The molecule has 15 heavy (non-hydrogen) atoms. The number of alkyl halides is 3. The maximum absolute atomic E-state index is 12.8. The van der Waals surface area contributed by atoms with Crippen LogP contribution in [-0.4, -0.2) is 30.1 Å². The first-order valence-electron chi connectivity index (χ1n) is 5.16. The molecule has 0 aromatic rings. The number of rotatable bonds is 9. The van der Waals surface area contributed by atoms with Gasteiger partial charge >= 0.3 is 5.97 Å². The average Bonchev–Trinajstić information content (AvgIpc) is 2.21. The summed E-state index contributed by atoms with van der Waals surface area (Å²) in [4.78, 5) is 10.1. The largest absolute Gasteiger partial charge is 0.479 e. The van der Waals surface area contributed by atoms with Crippen molar-refractivity contribution < 1.29 is 23.1 Å². The second-order valence-corrected chi connectivity index (χ2v) is 3.50. The Morgan fingerprint density at radius 2 is 1.60 bits per heavy atom. The Morgan fingerprint density at radius 3 is 2.13 bits per heavy atom. The lowest BCUT2D eigenvalue weighted by molar-refractivity contribution is -0.145.